The summed E-state index contributed by atoms with van der Waals surface area (Å²) in [7, 11) is 0. The Kier molecular flexibility index (Phi) is 2.74. The lowest BCUT2D eigenvalue weighted by atomic mass is 9.83. The molecular weight excluding hydrogens is 625 g/mol. The third-order valence-corrected chi connectivity index (χ3v) is 8.06. The van der Waals surface area contributed by atoms with Gasteiger partial charge < -0.3 is 0 Å². The van der Waals surface area contributed by atoms with Crippen LogP contribution in [0.3, 0.4) is 0 Å². The van der Waals surface area contributed by atoms with Crippen molar-refractivity contribution >= 4 is 43.1 Å². The van der Waals surface area contributed by atoms with Crippen LogP contribution < -0.4 is 0 Å². The van der Waals surface area contributed by atoms with E-state index in [0.717, 1.165) is 0 Å². The summed E-state index contributed by atoms with van der Waals surface area (Å²) in [5.41, 5.74) is -10.3. The van der Waals surface area contributed by atoms with Crippen molar-refractivity contribution in [3.05, 3.63) is 205 Å². The number of rotatable bonds is 5. The average Bonchev–Trinajstić information content (AvgIpc) is 0.743. The summed E-state index contributed by atoms with van der Waals surface area (Å²) in [6.45, 7) is 0. The number of hydrogen-bond donors (Lipinski definition) is 0. The predicted octanol–water partition coefficient (Wildman–Crippen LogP) is 14.6. The van der Waals surface area contributed by atoms with Crippen molar-refractivity contribution in [3.63, 3.8) is 0 Å². The van der Waals surface area contributed by atoms with E-state index in [1.54, 1.807) is 0 Å². The van der Waals surface area contributed by atoms with E-state index in [9.17, 15) is 16.4 Å². The van der Waals surface area contributed by atoms with Crippen molar-refractivity contribution < 1.29 is 46.6 Å². The minimum atomic E-state index is -1.30. The molecule has 0 heterocycles. The Morgan fingerprint density at radius 3 is 1.42 bits per heavy atom. The highest BCUT2D eigenvalue weighted by molar-refractivity contribution is 6.22. The molecule has 10 aromatic carbocycles. The zero-order valence-corrected chi connectivity index (χ0v) is 26.0. The quantitative estimate of drug-likeness (QED) is 0.158. The highest BCUT2D eigenvalue weighted by atomic mass is 14.2. The van der Waals surface area contributed by atoms with Gasteiger partial charge in [0, 0.05) is 0 Å². The Balaban J connectivity index is 1.65. The van der Waals surface area contributed by atoms with Crippen molar-refractivity contribution in [1.29, 1.82) is 0 Å². The zero-order chi connectivity index (χ0) is 64.0. The summed E-state index contributed by atoms with van der Waals surface area (Å²) in [6.07, 6.45) is 0. The highest BCUT2D eigenvalue weighted by Gasteiger charge is 2.19. The lowest BCUT2D eigenvalue weighted by Gasteiger charge is -2.20. The van der Waals surface area contributed by atoms with E-state index in [1.807, 2.05) is 0 Å². The van der Waals surface area contributed by atoms with Gasteiger partial charge in [0.15, 0.2) is 0 Å². The molecule has 242 valence electrons. The molecule has 0 saturated heterocycles. The number of benzene rings is 10. The van der Waals surface area contributed by atoms with E-state index in [1.165, 1.54) is 0 Å². The standard InChI is InChI=1S/C52H34/c1-3-14-35(15-4-1)42-31-43(36-16-5-2-6-17-36)33-44(32-42)52-48-24-12-11-23-47(48)51(41-27-26-37-18-7-8-20-39(37)30-41)49-29-28-40(34-50(49)52)46-25-13-21-38-19-9-10-22-45(38)46/h1-34H/i1D,2D,3D,4D,5D,6D,7D,8D,9D,10D,11D,12D,13D,14D,15D,16D,17D,18D,19D,20D,21D,22D,23D,24D,25D,26D,27D,28D,29D,30D,31D,32D,33D,34D. The van der Waals surface area contributed by atoms with Gasteiger partial charge in [-0.3, -0.25) is 0 Å². The molecule has 0 bridgehead atoms. The first-order valence-electron chi connectivity index (χ1n) is 32.2. The summed E-state index contributed by atoms with van der Waals surface area (Å²) in [5, 5.41) is -7.00. The Hall–Kier alpha value is -6.76. The molecule has 0 aliphatic carbocycles. The fourth-order valence-corrected chi connectivity index (χ4v) is 5.84. The van der Waals surface area contributed by atoms with Crippen LogP contribution in [-0.2, 0) is 0 Å². The molecule has 0 N–H and O–H groups in total. The molecule has 10 rings (SSSR count). The summed E-state index contributed by atoms with van der Waals surface area (Å²) in [4.78, 5) is 0. The Morgan fingerprint density at radius 2 is 0.731 bits per heavy atom. The van der Waals surface area contributed by atoms with E-state index < -0.39 is 304 Å². The third kappa shape index (κ3) is 5.16. The molecule has 0 radical (unpaired) electrons. The maximum absolute atomic E-state index is 10.5. The average molecular weight is 693 g/mol. The predicted molar refractivity (Wildman–Crippen MR) is 224 cm³/mol. The lowest BCUT2D eigenvalue weighted by molar-refractivity contribution is 1.58. The van der Waals surface area contributed by atoms with E-state index in [2.05, 4.69) is 0 Å². The minimum absolute atomic E-state index is 0.699. The van der Waals surface area contributed by atoms with Gasteiger partial charge in [-0.1, -0.05) is 175 Å². The van der Waals surface area contributed by atoms with Crippen LogP contribution >= 0.6 is 0 Å². The molecule has 0 spiro atoms. The molecule has 0 nitrogen and oxygen atoms in total. The Morgan fingerprint density at radius 1 is 0.231 bits per heavy atom. The molecule has 0 heteroatoms. The van der Waals surface area contributed by atoms with Gasteiger partial charge in [0.05, 0.1) is 46.6 Å². The summed E-state index contributed by atoms with van der Waals surface area (Å²) in [5.74, 6) is 0. The molecular formula is C52H34. The van der Waals surface area contributed by atoms with E-state index >= 15 is 0 Å². The topological polar surface area (TPSA) is 0 Å². The number of fused-ring (bicyclic) bond motifs is 4. The first-order valence-corrected chi connectivity index (χ1v) is 15.2. The molecule has 0 aromatic heterocycles. The van der Waals surface area contributed by atoms with Crippen LogP contribution in [-0.4, -0.2) is 0 Å². The van der Waals surface area contributed by atoms with Crippen LogP contribution in [0.4, 0.5) is 0 Å². The van der Waals surface area contributed by atoms with Gasteiger partial charge in [-0.15, -0.1) is 0 Å². The second-order valence-electron chi connectivity index (χ2n) is 11.0. The molecule has 0 fully saturated rings. The van der Waals surface area contributed by atoms with Crippen molar-refractivity contribution in [2.45, 2.75) is 0 Å². The van der Waals surface area contributed by atoms with Gasteiger partial charge in [0.1, 0.15) is 0 Å². The van der Waals surface area contributed by atoms with Gasteiger partial charge in [-0.05, 0) is 129 Å². The second-order valence-corrected chi connectivity index (χ2v) is 11.0. The maximum Gasteiger partial charge on any atom is 0.0636 e. The van der Waals surface area contributed by atoms with E-state index in [-0.39, 0.29) is 0 Å². The zero-order valence-electron chi connectivity index (χ0n) is 60.0. The third-order valence-electron chi connectivity index (χ3n) is 8.06. The van der Waals surface area contributed by atoms with Gasteiger partial charge in [0.2, 0.25) is 0 Å². The molecule has 0 unspecified atom stereocenters. The Labute approximate surface area is 351 Å². The molecule has 0 saturated carbocycles. The SMILES string of the molecule is [2H]c1c([2H])c([2H])c(-c2c([2H])c(-c3c([2H])c([2H])c([2H])c([2H])c3[2H])c([2H])c(-c3c4c([2H])c([2H])c([2H])c([2H])c4c(-c4c([2H])c([2H])c5c([2H])c([2H])c([2H])c([2H])c5c4[2H])c4c([2H])c([2H])c(-c5c([2H])c([2H])c([2H])c6c([2H])c([2H])c([2H])c([2H])c56)c([2H])c34)c2[2H])c([2H])c1[2H]. The van der Waals surface area contributed by atoms with Gasteiger partial charge in [-0.25, -0.2) is 0 Å². The first kappa shape index (κ1) is 11.4. The maximum atomic E-state index is 10.5. The summed E-state index contributed by atoms with van der Waals surface area (Å²) >= 11 is 0. The van der Waals surface area contributed by atoms with Gasteiger partial charge >= 0.3 is 0 Å². The van der Waals surface area contributed by atoms with Crippen LogP contribution in [0.1, 0.15) is 46.6 Å². The van der Waals surface area contributed by atoms with E-state index in [0.29, 0.717) is 0 Å². The fourth-order valence-electron chi connectivity index (χ4n) is 5.84. The molecule has 0 amide bonds. The van der Waals surface area contributed by atoms with Crippen molar-refractivity contribution in [2.75, 3.05) is 0 Å². The van der Waals surface area contributed by atoms with Crippen LogP contribution in [0, 0.1) is 0 Å². The molecule has 0 atom stereocenters. The monoisotopic (exact) mass is 692 g/mol. The normalized spacial score (nSPS) is 20.6. The second kappa shape index (κ2) is 12.5. The highest BCUT2D eigenvalue weighted by Crippen LogP contribution is 2.47. The van der Waals surface area contributed by atoms with Crippen molar-refractivity contribution in [1.82, 2.24) is 0 Å². The van der Waals surface area contributed by atoms with Gasteiger partial charge in [-0.2, -0.15) is 0 Å². The largest absolute Gasteiger partial charge is 0.0636 e. The van der Waals surface area contributed by atoms with Crippen LogP contribution in [0.15, 0.2) is 205 Å². The van der Waals surface area contributed by atoms with Crippen LogP contribution in [0.25, 0.3) is 98.7 Å². The lowest BCUT2D eigenvalue weighted by Crippen LogP contribution is -1.93. The summed E-state index contributed by atoms with van der Waals surface area (Å²) < 4.78 is 311. The van der Waals surface area contributed by atoms with Gasteiger partial charge in [0.25, 0.3) is 0 Å². The molecule has 0 aliphatic heterocycles. The number of hydrogen-bond acceptors (Lipinski definition) is 0. The van der Waals surface area contributed by atoms with Crippen molar-refractivity contribution in [2.24, 2.45) is 0 Å². The van der Waals surface area contributed by atoms with Crippen LogP contribution in [0.2, 0.25) is 0 Å². The van der Waals surface area contributed by atoms with E-state index in [4.69, 9.17) is 30.2 Å². The van der Waals surface area contributed by atoms with Crippen LogP contribution in [0.5, 0.6) is 0 Å². The van der Waals surface area contributed by atoms with Crippen molar-refractivity contribution in [3.8, 4) is 55.6 Å². The molecule has 52 heavy (non-hydrogen) atoms. The first-order chi connectivity index (χ1) is 40.0. The summed E-state index contributed by atoms with van der Waals surface area (Å²) in [6, 6.07) is -37.2. The minimum Gasteiger partial charge on any atom is -0.0622 e. The molecule has 10 aromatic rings. The fraction of sp³-hybridized carbons (Fsp3) is 0. The molecule has 0 aliphatic rings. The smallest absolute Gasteiger partial charge is 0.0622 e. The Bertz CT molecular complexity index is 4750.